The number of piperidine rings is 1. The Labute approximate surface area is 98.8 Å². The summed E-state index contributed by atoms with van der Waals surface area (Å²) in [5.41, 5.74) is 0. The van der Waals surface area contributed by atoms with Gasteiger partial charge in [0.15, 0.2) is 0 Å². The molecule has 0 atom stereocenters. The van der Waals surface area contributed by atoms with Crippen molar-refractivity contribution in [3.8, 4) is 0 Å². The summed E-state index contributed by atoms with van der Waals surface area (Å²) in [7, 11) is -1.37. The average molecular weight is 249 g/mol. The van der Waals surface area contributed by atoms with Gasteiger partial charge in [0.2, 0.25) is 0 Å². The molecule has 1 aliphatic rings. The van der Waals surface area contributed by atoms with E-state index in [1.54, 1.807) is 0 Å². The summed E-state index contributed by atoms with van der Waals surface area (Å²) >= 11 is 0. The second-order valence-corrected chi connectivity index (χ2v) is 6.47. The van der Waals surface area contributed by atoms with Crippen LogP contribution in [0.1, 0.15) is 26.7 Å². The quantitative estimate of drug-likeness (QED) is 0.776. The molecule has 0 amide bonds. The standard InChI is InChI=1S/C10H23N3O2S/c1-9(2)12(3)8-10-4-6-13(7-5-10)16(11,14)15/h9-10H,4-8H2,1-3H3,(H2,11,14,15). The zero-order valence-corrected chi connectivity index (χ0v) is 11.2. The summed E-state index contributed by atoms with van der Waals surface area (Å²) in [6, 6.07) is 0.538. The van der Waals surface area contributed by atoms with Gasteiger partial charge in [0, 0.05) is 25.7 Å². The number of nitrogens with two attached hydrogens (primary N) is 1. The van der Waals surface area contributed by atoms with Gasteiger partial charge in [0.1, 0.15) is 0 Å². The summed E-state index contributed by atoms with van der Waals surface area (Å²) in [5.74, 6) is 0.588. The molecule has 96 valence electrons. The maximum Gasteiger partial charge on any atom is 0.276 e. The van der Waals surface area contributed by atoms with Gasteiger partial charge in [-0.15, -0.1) is 0 Å². The van der Waals surface area contributed by atoms with Crippen LogP contribution >= 0.6 is 0 Å². The van der Waals surface area contributed by atoms with E-state index >= 15 is 0 Å². The van der Waals surface area contributed by atoms with Gasteiger partial charge in [-0.25, -0.2) is 5.14 Å². The van der Waals surface area contributed by atoms with E-state index in [0.717, 1.165) is 19.4 Å². The molecule has 1 aliphatic heterocycles. The Morgan fingerprint density at radius 1 is 1.38 bits per heavy atom. The number of hydrogen-bond acceptors (Lipinski definition) is 3. The first-order valence-corrected chi connectivity index (χ1v) is 7.29. The van der Waals surface area contributed by atoms with Gasteiger partial charge in [0.05, 0.1) is 0 Å². The molecule has 0 radical (unpaired) electrons. The fraction of sp³-hybridized carbons (Fsp3) is 1.00. The molecule has 6 heteroatoms. The predicted octanol–water partition coefficient (Wildman–Crippen LogP) is 0.242. The summed E-state index contributed by atoms with van der Waals surface area (Å²) < 4.78 is 23.6. The highest BCUT2D eigenvalue weighted by Crippen LogP contribution is 2.19. The van der Waals surface area contributed by atoms with Crippen molar-refractivity contribution in [2.45, 2.75) is 32.7 Å². The van der Waals surface area contributed by atoms with E-state index in [2.05, 4.69) is 25.8 Å². The highest BCUT2D eigenvalue weighted by Gasteiger charge is 2.26. The second-order valence-electron chi connectivity index (χ2n) is 4.92. The normalized spacial score (nSPS) is 20.9. The van der Waals surface area contributed by atoms with Gasteiger partial charge in [-0.1, -0.05) is 0 Å². The molecule has 0 unspecified atom stereocenters. The fourth-order valence-corrected chi connectivity index (χ4v) is 2.68. The van der Waals surface area contributed by atoms with Crippen molar-refractivity contribution in [1.29, 1.82) is 0 Å². The van der Waals surface area contributed by atoms with Crippen molar-refractivity contribution in [2.75, 3.05) is 26.7 Å². The summed E-state index contributed by atoms with van der Waals surface area (Å²) in [6.07, 6.45) is 1.82. The Bertz CT molecular complexity index is 308. The van der Waals surface area contributed by atoms with Crippen molar-refractivity contribution >= 4 is 10.2 Å². The maximum atomic E-state index is 11.1. The Kier molecular flexibility index (Phi) is 4.73. The summed E-state index contributed by atoms with van der Waals surface area (Å²) in [5, 5.41) is 5.09. The molecule has 1 rings (SSSR count). The Morgan fingerprint density at radius 2 is 1.88 bits per heavy atom. The molecule has 0 aliphatic carbocycles. The molecule has 1 saturated heterocycles. The minimum Gasteiger partial charge on any atom is -0.304 e. The minimum absolute atomic E-state index is 0.538. The molecule has 0 aromatic rings. The van der Waals surface area contributed by atoms with E-state index in [9.17, 15) is 8.42 Å². The number of rotatable bonds is 4. The van der Waals surface area contributed by atoms with Crippen LogP contribution in [0, 0.1) is 5.92 Å². The van der Waals surface area contributed by atoms with Crippen LogP contribution in [-0.4, -0.2) is 50.3 Å². The van der Waals surface area contributed by atoms with Crippen LogP contribution in [0.4, 0.5) is 0 Å². The molecule has 1 fully saturated rings. The zero-order valence-electron chi connectivity index (χ0n) is 10.4. The molecule has 5 nitrogen and oxygen atoms in total. The van der Waals surface area contributed by atoms with Crippen LogP contribution in [-0.2, 0) is 10.2 Å². The van der Waals surface area contributed by atoms with Gasteiger partial charge in [0.25, 0.3) is 10.2 Å². The molecule has 1 heterocycles. The summed E-state index contributed by atoms with van der Waals surface area (Å²) in [6.45, 7) is 6.50. The largest absolute Gasteiger partial charge is 0.304 e. The first-order valence-electron chi connectivity index (χ1n) is 5.79. The van der Waals surface area contributed by atoms with Gasteiger partial charge >= 0.3 is 0 Å². The van der Waals surface area contributed by atoms with E-state index in [4.69, 9.17) is 5.14 Å². The van der Waals surface area contributed by atoms with Gasteiger partial charge < -0.3 is 4.90 Å². The number of hydrogen-bond donors (Lipinski definition) is 1. The van der Waals surface area contributed by atoms with Crippen molar-refractivity contribution < 1.29 is 8.42 Å². The monoisotopic (exact) mass is 249 g/mol. The van der Waals surface area contributed by atoms with E-state index in [1.165, 1.54) is 4.31 Å². The molecular weight excluding hydrogens is 226 g/mol. The van der Waals surface area contributed by atoms with E-state index in [-0.39, 0.29) is 0 Å². The third-order valence-corrected chi connectivity index (χ3v) is 4.45. The SMILES string of the molecule is CC(C)N(C)CC1CCN(S(N)(=O)=O)CC1. The third-order valence-electron chi connectivity index (χ3n) is 3.36. The van der Waals surface area contributed by atoms with Crippen molar-refractivity contribution in [3.05, 3.63) is 0 Å². The Morgan fingerprint density at radius 3 is 2.25 bits per heavy atom. The van der Waals surface area contributed by atoms with E-state index in [0.29, 0.717) is 25.0 Å². The van der Waals surface area contributed by atoms with Crippen LogP contribution in [0.15, 0.2) is 0 Å². The second kappa shape index (κ2) is 5.44. The molecule has 2 N–H and O–H groups in total. The molecule has 0 bridgehead atoms. The average Bonchev–Trinajstić information content (AvgIpc) is 2.17. The van der Waals surface area contributed by atoms with Crippen LogP contribution in [0.25, 0.3) is 0 Å². The van der Waals surface area contributed by atoms with Crippen LogP contribution in [0.3, 0.4) is 0 Å². The predicted molar refractivity (Wildman–Crippen MR) is 65.2 cm³/mol. The fourth-order valence-electron chi connectivity index (χ4n) is 1.96. The lowest BCUT2D eigenvalue weighted by Gasteiger charge is -2.33. The molecule has 0 aromatic carbocycles. The van der Waals surface area contributed by atoms with Gasteiger partial charge in [-0.2, -0.15) is 12.7 Å². The molecule has 0 aromatic heterocycles. The van der Waals surface area contributed by atoms with Crippen molar-refractivity contribution in [3.63, 3.8) is 0 Å². The summed E-state index contributed by atoms with van der Waals surface area (Å²) in [4.78, 5) is 2.30. The minimum atomic E-state index is -3.47. The maximum absolute atomic E-state index is 11.1. The first kappa shape index (κ1) is 13.9. The molecule has 0 spiro atoms. The van der Waals surface area contributed by atoms with Crippen LogP contribution in [0.2, 0.25) is 0 Å². The third kappa shape index (κ3) is 4.01. The van der Waals surface area contributed by atoms with E-state index in [1.807, 2.05) is 0 Å². The molecular formula is C10H23N3O2S. The lowest BCUT2D eigenvalue weighted by molar-refractivity contribution is 0.182. The van der Waals surface area contributed by atoms with Crippen LogP contribution in [0.5, 0.6) is 0 Å². The molecule has 0 saturated carbocycles. The smallest absolute Gasteiger partial charge is 0.276 e. The Hall–Kier alpha value is -0.170. The van der Waals surface area contributed by atoms with Crippen LogP contribution < -0.4 is 5.14 Å². The van der Waals surface area contributed by atoms with E-state index < -0.39 is 10.2 Å². The first-order chi connectivity index (χ1) is 7.30. The van der Waals surface area contributed by atoms with Gasteiger partial charge in [-0.3, -0.25) is 0 Å². The topological polar surface area (TPSA) is 66.6 Å². The highest BCUT2D eigenvalue weighted by atomic mass is 32.2. The lowest BCUT2D eigenvalue weighted by atomic mass is 9.97. The molecule has 16 heavy (non-hydrogen) atoms. The lowest BCUT2D eigenvalue weighted by Crippen LogP contribution is -2.44. The number of nitrogens with zero attached hydrogens (tertiary/aromatic N) is 2. The zero-order chi connectivity index (χ0) is 12.3. The highest BCUT2D eigenvalue weighted by molar-refractivity contribution is 7.86. The Balaban J connectivity index is 2.38. The van der Waals surface area contributed by atoms with Crippen molar-refractivity contribution in [2.24, 2.45) is 11.1 Å². The van der Waals surface area contributed by atoms with Gasteiger partial charge in [-0.05, 0) is 39.7 Å². The van der Waals surface area contributed by atoms with Crippen molar-refractivity contribution in [1.82, 2.24) is 9.21 Å².